The minimum absolute atomic E-state index is 0.400. The maximum Gasteiger partial charge on any atom is 0.0314 e. The highest BCUT2D eigenvalue weighted by molar-refractivity contribution is 5.42. The highest BCUT2D eigenvalue weighted by Crippen LogP contribution is 2.44. The first-order valence-corrected chi connectivity index (χ1v) is 5.63. The van der Waals surface area contributed by atoms with Crippen LogP contribution in [-0.4, -0.2) is 25.5 Å². The molecule has 1 aliphatic carbocycles. The fourth-order valence-corrected chi connectivity index (χ4v) is 2.58. The number of hydrogen-bond acceptors (Lipinski definition) is 2. The SMILES string of the molecule is CN(C)CC1(c2ccc(N)cc2)CCC1. The Labute approximate surface area is 92.1 Å². The van der Waals surface area contributed by atoms with E-state index in [2.05, 4.69) is 31.1 Å². The number of benzene rings is 1. The lowest BCUT2D eigenvalue weighted by Gasteiger charge is -2.44. The smallest absolute Gasteiger partial charge is 0.0314 e. The van der Waals surface area contributed by atoms with Crippen LogP contribution in [0.4, 0.5) is 5.69 Å². The third-order valence-corrected chi connectivity index (χ3v) is 3.45. The van der Waals surface area contributed by atoms with E-state index in [0.717, 1.165) is 12.2 Å². The Bertz CT molecular complexity index is 323. The lowest BCUT2D eigenvalue weighted by Crippen LogP contribution is -2.43. The van der Waals surface area contributed by atoms with E-state index in [4.69, 9.17) is 5.73 Å². The number of nitrogen functional groups attached to an aromatic ring is 1. The van der Waals surface area contributed by atoms with Crippen molar-refractivity contribution < 1.29 is 0 Å². The number of anilines is 1. The number of nitrogens with zero attached hydrogens (tertiary/aromatic N) is 1. The molecule has 0 heterocycles. The van der Waals surface area contributed by atoms with Gasteiger partial charge in [-0.3, -0.25) is 0 Å². The fourth-order valence-electron chi connectivity index (χ4n) is 2.58. The van der Waals surface area contributed by atoms with Crippen molar-refractivity contribution in [2.75, 3.05) is 26.4 Å². The Morgan fingerprint density at radius 2 is 1.80 bits per heavy atom. The van der Waals surface area contributed by atoms with Gasteiger partial charge in [-0.15, -0.1) is 0 Å². The van der Waals surface area contributed by atoms with E-state index in [1.54, 1.807) is 0 Å². The zero-order valence-electron chi connectivity index (χ0n) is 9.66. The monoisotopic (exact) mass is 204 g/mol. The Morgan fingerprint density at radius 1 is 1.20 bits per heavy atom. The standard InChI is InChI=1S/C13H20N2/c1-15(2)10-13(8-3-9-13)11-4-6-12(14)7-5-11/h4-7H,3,8-10,14H2,1-2H3. The predicted octanol–water partition coefficient (Wildman–Crippen LogP) is 2.25. The van der Waals surface area contributed by atoms with Gasteiger partial charge in [-0.25, -0.2) is 0 Å². The Hall–Kier alpha value is -1.02. The van der Waals surface area contributed by atoms with E-state index in [1.165, 1.54) is 24.8 Å². The molecule has 1 fully saturated rings. The van der Waals surface area contributed by atoms with Crippen molar-refractivity contribution in [3.05, 3.63) is 29.8 Å². The van der Waals surface area contributed by atoms with Gasteiger partial charge in [0.2, 0.25) is 0 Å². The molecular formula is C13H20N2. The van der Waals surface area contributed by atoms with Crippen molar-refractivity contribution in [3.8, 4) is 0 Å². The molecule has 1 aromatic rings. The normalized spacial score (nSPS) is 18.9. The summed E-state index contributed by atoms with van der Waals surface area (Å²) in [6.45, 7) is 1.15. The largest absolute Gasteiger partial charge is 0.399 e. The van der Waals surface area contributed by atoms with Gasteiger partial charge in [-0.2, -0.15) is 0 Å². The predicted molar refractivity (Wildman–Crippen MR) is 64.9 cm³/mol. The molecule has 82 valence electrons. The average molecular weight is 204 g/mol. The Balaban J connectivity index is 2.22. The van der Waals surface area contributed by atoms with Crippen LogP contribution >= 0.6 is 0 Å². The van der Waals surface area contributed by atoms with Crippen molar-refractivity contribution in [3.63, 3.8) is 0 Å². The molecule has 0 aliphatic heterocycles. The molecule has 0 spiro atoms. The van der Waals surface area contributed by atoms with E-state index in [0.29, 0.717) is 5.41 Å². The number of hydrogen-bond donors (Lipinski definition) is 1. The summed E-state index contributed by atoms with van der Waals surface area (Å²) in [4.78, 5) is 2.29. The zero-order valence-corrected chi connectivity index (χ0v) is 9.66. The van der Waals surface area contributed by atoms with Crippen molar-refractivity contribution in [1.82, 2.24) is 4.90 Å². The first-order valence-electron chi connectivity index (χ1n) is 5.63. The van der Waals surface area contributed by atoms with Crippen LogP contribution in [0.25, 0.3) is 0 Å². The second-order valence-corrected chi connectivity index (χ2v) is 4.99. The molecule has 0 atom stereocenters. The number of rotatable bonds is 3. The summed E-state index contributed by atoms with van der Waals surface area (Å²) in [5, 5.41) is 0. The topological polar surface area (TPSA) is 29.3 Å². The molecular weight excluding hydrogens is 184 g/mol. The highest BCUT2D eigenvalue weighted by atomic mass is 15.1. The molecule has 0 unspecified atom stereocenters. The van der Waals surface area contributed by atoms with E-state index < -0.39 is 0 Å². The van der Waals surface area contributed by atoms with Crippen LogP contribution in [0.1, 0.15) is 24.8 Å². The van der Waals surface area contributed by atoms with Gasteiger partial charge < -0.3 is 10.6 Å². The van der Waals surface area contributed by atoms with Gasteiger partial charge in [-0.1, -0.05) is 18.6 Å². The Morgan fingerprint density at radius 3 is 2.20 bits per heavy atom. The summed E-state index contributed by atoms with van der Waals surface area (Å²) in [5.41, 5.74) is 8.43. The van der Waals surface area contributed by atoms with Crippen LogP contribution in [0.3, 0.4) is 0 Å². The maximum absolute atomic E-state index is 5.72. The fraction of sp³-hybridized carbons (Fsp3) is 0.538. The molecule has 0 saturated heterocycles. The molecule has 15 heavy (non-hydrogen) atoms. The zero-order chi connectivity index (χ0) is 10.9. The van der Waals surface area contributed by atoms with E-state index in [1.807, 2.05) is 12.1 Å². The Kier molecular flexibility index (Phi) is 2.70. The van der Waals surface area contributed by atoms with Gasteiger partial charge in [-0.05, 0) is 44.6 Å². The maximum atomic E-state index is 5.72. The molecule has 0 aromatic heterocycles. The summed E-state index contributed by atoms with van der Waals surface area (Å²) in [6, 6.07) is 8.42. The van der Waals surface area contributed by atoms with Gasteiger partial charge in [0.1, 0.15) is 0 Å². The second-order valence-electron chi connectivity index (χ2n) is 4.99. The van der Waals surface area contributed by atoms with Gasteiger partial charge in [0.05, 0.1) is 0 Å². The van der Waals surface area contributed by atoms with E-state index in [9.17, 15) is 0 Å². The summed E-state index contributed by atoms with van der Waals surface area (Å²) < 4.78 is 0. The first kappa shape index (κ1) is 10.5. The molecule has 1 aromatic carbocycles. The van der Waals surface area contributed by atoms with Crippen molar-refractivity contribution >= 4 is 5.69 Å². The third-order valence-electron chi connectivity index (χ3n) is 3.45. The van der Waals surface area contributed by atoms with Crippen molar-refractivity contribution in [2.45, 2.75) is 24.7 Å². The summed E-state index contributed by atoms with van der Waals surface area (Å²) in [7, 11) is 4.30. The van der Waals surface area contributed by atoms with Gasteiger partial charge >= 0.3 is 0 Å². The molecule has 0 bridgehead atoms. The second kappa shape index (κ2) is 3.86. The van der Waals surface area contributed by atoms with Crippen LogP contribution in [0.2, 0.25) is 0 Å². The minimum Gasteiger partial charge on any atom is -0.399 e. The lowest BCUT2D eigenvalue weighted by atomic mass is 9.64. The molecule has 1 saturated carbocycles. The minimum atomic E-state index is 0.400. The van der Waals surface area contributed by atoms with E-state index >= 15 is 0 Å². The molecule has 2 nitrogen and oxygen atoms in total. The van der Waals surface area contributed by atoms with Crippen LogP contribution in [0, 0.1) is 0 Å². The quantitative estimate of drug-likeness (QED) is 0.765. The molecule has 2 heteroatoms. The van der Waals surface area contributed by atoms with Crippen LogP contribution in [-0.2, 0) is 5.41 Å². The van der Waals surface area contributed by atoms with Crippen molar-refractivity contribution in [2.24, 2.45) is 0 Å². The number of nitrogens with two attached hydrogens (primary N) is 1. The van der Waals surface area contributed by atoms with Gasteiger partial charge in [0.25, 0.3) is 0 Å². The number of likely N-dealkylation sites (N-methyl/N-ethyl adjacent to an activating group) is 1. The average Bonchev–Trinajstić information content (AvgIpc) is 2.13. The highest BCUT2D eigenvalue weighted by Gasteiger charge is 2.38. The van der Waals surface area contributed by atoms with Crippen LogP contribution in [0.5, 0.6) is 0 Å². The van der Waals surface area contributed by atoms with Gasteiger partial charge in [0.15, 0.2) is 0 Å². The molecule has 1 aliphatic rings. The van der Waals surface area contributed by atoms with E-state index in [-0.39, 0.29) is 0 Å². The van der Waals surface area contributed by atoms with Crippen molar-refractivity contribution in [1.29, 1.82) is 0 Å². The van der Waals surface area contributed by atoms with Crippen LogP contribution in [0.15, 0.2) is 24.3 Å². The summed E-state index contributed by atoms with van der Waals surface area (Å²) in [5.74, 6) is 0. The molecule has 2 rings (SSSR count). The lowest BCUT2D eigenvalue weighted by molar-refractivity contribution is 0.177. The molecule has 0 amide bonds. The molecule has 2 N–H and O–H groups in total. The summed E-state index contributed by atoms with van der Waals surface area (Å²) >= 11 is 0. The van der Waals surface area contributed by atoms with Gasteiger partial charge in [0, 0.05) is 17.6 Å². The first-order chi connectivity index (χ1) is 7.12. The third kappa shape index (κ3) is 2.00. The molecule has 0 radical (unpaired) electrons. The van der Waals surface area contributed by atoms with Crippen LogP contribution < -0.4 is 5.73 Å². The summed E-state index contributed by atoms with van der Waals surface area (Å²) in [6.07, 6.45) is 3.99.